The van der Waals surface area contributed by atoms with Crippen LogP contribution in [-0.2, 0) is 20.7 Å². The molecule has 4 aliphatic heterocycles. The summed E-state index contributed by atoms with van der Waals surface area (Å²) in [5.41, 5.74) is -0.485. The maximum atomic E-state index is 13.1. The van der Waals surface area contributed by atoms with Crippen LogP contribution in [0.1, 0.15) is 111 Å². The van der Waals surface area contributed by atoms with Gasteiger partial charge in [0.1, 0.15) is 11.4 Å². The number of oxazole rings is 1. The summed E-state index contributed by atoms with van der Waals surface area (Å²) in [6.45, 7) is 26.8. The number of carbonyl (C=O) groups excluding carboxylic acids is 2. The smallest absolute Gasteiger partial charge is 0.410 e. The van der Waals surface area contributed by atoms with Crippen molar-refractivity contribution in [3.63, 3.8) is 0 Å². The second kappa shape index (κ2) is 19.0. The van der Waals surface area contributed by atoms with Gasteiger partial charge in [0, 0.05) is 44.1 Å². The van der Waals surface area contributed by atoms with E-state index in [0.717, 1.165) is 79.6 Å². The fourth-order valence-electron chi connectivity index (χ4n) is 8.79. The lowest BCUT2D eigenvalue weighted by Crippen LogP contribution is -2.46. The summed E-state index contributed by atoms with van der Waals surface area (Å²) >= 11 is 3.16. The first-order chi connectivity index (χ1) is 26.2. The van der Waals surface area contributed by atoms with Crippen LogP contribution in [0.4, 0.5) is 9.93 Å². The van der Waals surface area contributed by atoms with Crippen molar-refractivity contribution < 1.29 is 18.7 Å². The molecule has 1 N–H and O–H groups in total. The molecule has 2 amide bonds. The highest BCUT2D eigenvalue weighted by atomic mass is 32.2. The molecule has 0 aliphatic carbocycles. The Hall–Kier alpha value is -2.19. The largest absolute Gasteiger partial charge is 0.444 e. The minimum atomic E-state index is -0.429. The molecule has 0 saturated carbocycles. The van der Waals surface area contributed by atoms with Gasteiger partial charge < -0.3 is 34.1 Å². The van der Waals surface area contributed by atoms with Crippen LogP contribution in [0.15, 0.2) is 21.0 Å². The first-order valence-electron chi connectivity index (χ1n) is 21.2. The van der Waals surface area contributed by atoms with E-state index < -0.39 is 5.60 Å². The van der Waals surface area contributed by atoms with Crippen molar-refractivity contribution in [1.29, 1.82) is 0 Å². The predicted octanol–water partition coefficient (Wildman–Crippen LogP) is 8.08. The van der Waals surface area contributed by atoms with Crippen molar-refractivity contribution in [1.82, 2.24) is 29.6 Å². The van der Waals surface area contributed by atoms with Gasteiger partial charge in [-0.1, -0.05) is 39.0 Å². The molecule has 1 atom stereocenters. The van der Waals surface area contributed by atoms with Crippen molar-refractivity contribution in [3.05, 3.63) is 24.0 Å². The lowest BCUT2D eigenvalue weighted by atomic mass is 9.84. The number of amides is 2. The molecule has 6 heterocycles. The van der Waals surface area contributed by atoms with E-state index in [1.54, 1.807) is 11.8 Å². The SMILES string of the molecule is CC(CN1CCC(CN2CCC(C(=O)Nc3ncc(SCc4ncc(C(C)(C)C)o4)s3)CC2)CC1)C1CCN(CC2CCN(C(=O)OC(C)(C)C)CC2)CC1. The fourth-order valence-corrected chi connectivity index (χ4v) is 10.5. The van der Waals surface area contributed by atoms with Crippen molar-refractivity contribution in [2.45, 2.75) is 121 Å². The number of anilines is 1. The summed E-state index contributed by atoms with van der Waals surface area (Å²) in [5.74, 6) is 5.44. The highest BCUT2D eigenvalue weighted by molar-refractivity contribution is 8.00. The van der Waals surface area contributed by atoms with Gasteiger partial charge in [-0.15, -0.1) is 11.8 Å². The highest BCUT2D eigenvalue weighted by Gasteiger charge is 2.32. The average Bonchev–Trinajstić information content (AvgIpc) is 3.82. The van der Waals surface area contributed by atoms with Gasteiger partial charge in [-0.3, -0.25) is 4.79 Å². The number of ether oxygens (including phenoxy) is 1. The summed E-state index contributed by atoms with van der Waals surface area (Å²) in [5, 5.41) is 3.77. The number of carbonyl (C=O) groups is 2. The normalized spacial score (nSPS) is 21.9. The molecule has 11 nitrogen and oxygen atoms in total. The topological polar surface area (TPSA) is 107 Å². The first kappa shape index (κ1) is 42.4. The van der Waals surface area contributed by atoms with Crippen LogP contribution in [-0.4, -0.2) is 119 Å². The molecule has 308 valence electrons. The molecule has 0 radical (unpaired) electrons. The molecule has 4 saturated heterocycles. The van der Waals surface area contributed by atoms with Gasteiger partial charge in [-0.2, -0.15) is 0 Å². The zero-order valence-electron chi connectivity index (χ0n) is 34.8. The third-order valence-electron chi connectivity index (χ3n) is 12.3. The van der Waals surface area contributed by atoms with E-state index in [1.165, 1.54) is 82.8 Å². The maximum Gasteiger partial charge on any atom is 0.410 e. The molecule has 55 heavy (non-hydrogen) atoms. The molecular weight excluding hydrogens is 731 g/mol. The van der Waals surface area contributed by atoms with E-state index in [-0.39, 0.29) is 23.3 Å². The molecule has 4 fully saturated rings. The molecular formula is C42H69N7O4S2. The van der Waals surface area contributed by atoms with Gasteiger partial charge in [0.05, 0.1) is 22.4 Å². The predicted molar refractivity (Wildman–Crippen MR) is 223 cm³/mol. The summed E-state index contributed by atoms with van der Waals surface area (Å²) in [6.07, 6.45) is 12.7. The van der Waals surface area contributed by atoms with Crippen LogP contribution >= 0.6 is 23.1 Å². The third kappa shape index (κ3) is 12.9. The molecule has 0 aromatic carbocycles. The number of likely N-dealkylation sites (tertiary alicyclic amines) is 4. The van der Waals surface area contributed by atoms with Crippen LogP contribution in [0, 0.1) is 29.6 Å². The molecule has 2 aromatic heterocycles. The standard InChI is InChI=1S/C42H69N7O4S2/c1-30(33-12-18-47(19-13-33)28-32-10-22-49(23-11-32)40(51)53-42(5,6)7)26-46-16-8-31(9-17-46)27-48-20-14-34(15-21-48)38(50)45-39-44-25-37(55-39)54-29-36-43-24-35(52-36)41(2,3)4/h24-25,30-34H,8-23,26-29H2,1-7H3,(H,44,45,50). The second-order valence-corrected chi connectivity index (χ2v) is 21.3. The van der Waals surface area contributed by atoms with Crippen molar-refractivity contribution >= 4 is 40.2 Å². The molecule has 0 bridgehead atoms. The number of piperidine rings is 4. The number of thioether (sulfide) groups is 1. The summed E-state index contributed by atoms with van der Waals surface area (Å²) in [4.78, 5) is 44.4. The van der Waals surface area contributed by atoms with E-state index in [1.807, 2.05) is 38.1 Å². The van der Waals surface area contributed by atoms with E-state index in [0.29, 0.717) is 22.7 Å². The van der Waals surface area contributed by atoms with Crippen LogP contribution in [0.3, 0.4) is 0 Å². The lowest BCUT2D eigenvalue weighted by Gasteiger charge is -2.41. The summed E-state index contributed by atoms with van der Waals surface area (Å²) in [7, 11) is 0. The number of nitrogens with zero attached hydrogens (tertiary/aromatic N) is 6. The lowest BCUT2D eigenvalue weighted by molar-refractivity contribution is -0.121. The molecule has 6 rings (SSSR count). The third-order valence-corrected chi connectivity index (χ3v) is 14.4. The Labute approximate surface area is 339 Å². The van der Waals surface area contributed by atoms with E-state index >= 15 is 0 Å². The van der Waals surface area contributed by atoms with Gasteiger partial charge in [-0.05, 0) is 135 Å². The van der Waals surface area contributed by atoms with Gasteiger partial charge in [0.15, 0.2) is 5.13 Å². The van der Waals surface area contributed by atoms with Crippen LogP contribution < -0.4 is 5.32 Å². The summed E-state index contributed by atoms with van der Waals surface area (Å²) < 4.78 is 12.5. The van der Waals surface area contributed by atoms with Gasteiger partial charge >= 0.3 is 6.09 Å². The molecule has 2 aromatic rings. The number of rotatable bonds is 12. The number of hydrogen-bond acceptors (Lipinski definition) is 11. The quantitative estimate of drug-likeness (QED) is 0.212. The number of aromatic nitrogens is 2. The Morgan fingerprint density at radius 3 is 2.00 bits per heavy atom. The second-order valence-electron chi connectivity index (χ2n) is 19.0. The van der Waals surface area contributed by atoms with Gasteiger partial charge in [-0.25, -0.2) is 14.8 Å². The monoisotopic (exact) mass is 799 g/mol. The minimum Gasteiger partial charge on any atom is -0.444 e. The van der Waals surface area contributed by atoms with Crippen LogP contribution in [0.25, 0.3) is 0 Å². The van der Waals surface area contributed by atoms with Crippen molar-refractivity contribution in [2.24, 2.45) is 29.6 Å². The zero-order valence-corrected chi connectivity index (χ0v) is 36.4. The minimum absolute atomic E-state index is 0.0543. The van der Waals surface area contributed by atoms with Crippen LogP contribution in [0.2, 0.25) is 0 Å². The van der Waals surface area contributed by atoms with Crippen molar-refractivity contribution in [2.75, 3.05) is 77.3 Å². The fraction of sp³-hybridized carbons (Fsp3) is 0.810. The highest BCUT2D eigenvalue weighted by Crippen LogP contribution is 2.33. The molecule has 0 spiro atoms. The van der Waals surface area contributed by atoms with Crippen LogP contribution in [0.5, 0.6) is 0 Å². The Morgan fingerprint density at radius 2 is 1.42 bits per heavy atom. The number of hydrogen-bond donors (Lipinski definition) is 1. The zero-order chi connectivity index (χ0) is 39.2. The Balaban J connectivity index is 0.809. The molecule has 4 aliphatic rings. The number of thiazole rings is 1. The Bertz CT molecular complexity index is 1500. The van der Waals surface area contributed by atoms with E-state index in [4.69, 9.17) is 9.15 Å². The van der Waals surface area contributed by atoms with Gasteiger partial charge in [0.2, 0.25) is 11.8 Å². The average molecular weight is 800 g/mol. The number of nitrogens with one attached hydrogen (secondary N) is 1. The summed E-state index contributed by atoms with van der Waals surface area (Å²) in [6, 6.07) is 0. The molecule has 13 heteroatoms. The molecule has 1 unspecified atom stereocenters. The van der Waals surface area contributed by atoms with Gasteiger partial charge in [0.25, 0.3) is 0 Å². The van der Waals surface area contributed by atoms with Crippen molar-refractivity contribution in [3.8, 4) is 0 Å². The Kier molecular flexibility index (Phi) is 14.7. The van der Waals surface area contributed by atoms with E-state index in [2.05, 4.69) is 57.7 Å². The maximum absolute atomic E-state index is 13.1. The first-order valence-corrected chi connectivity index (χ1v) is 23.0. The Morgan fingerprint density at radius 1 is 0.836 bits per heavy atom. The van der Waals surface area contributed by atoms with E-state index in [9.17, 15) is 9.59 Å².